The predicted octanol–water partition coefficient (Wildman–Crippen LogP) is 2.08. The van der Waals surface area contributed by atoms with E-state index in [1.54, 1.807) is 24.5 Å². The van der Waals surface area contributed by atoms with Crippen molar-refractivity contribution in [2.45, 2.75) is 12.6 Å². The summed E-state index contributed by atoms with van der Waals surface area (Å²) in [4.78, 5) is 18.5. The molecule has 28 heavy (non-hydrogen) atoms. The van der Waals surface area contributed by atoms with Gasteiger partial charge < -0.3 is 20.8 Å². The van der Waals surface area contributed by atoms with E-state index in [4.69, 9.17) is 10.2 Å². The van der Waals surface area contributed by atoms with Crippen LogP contribution in [0, 0.1) is 0 Å². The van der Waals surface area contributed by atoms with Crippen LogP contribution in [-0.2, 0) is 5.66 Å². The summed E-state index contributed by atoms with van der Waals surface area (Å²) in [6, 6.07) is 11.2. The summed E-state index contributed by atoms with van der Waals surface area (Å²) in [5, 5.41) is 14.4. The highest BCUT2D eigenvalue weighted by Crippen LogP contribution is 2.28. The highest BCUT2D eigenvalue weighted by molar-refractivity contribution is 5.97. The van der Waals surface area contributed by atoms with E-state index in [1.807, 2.05) is 31.2 Å². The van der Waals surface area contributed by atoms with E-state index in [0.717, 1.165) is 27.7 Å². The number of oxazole rings is 1. The van der Waals surface area contributed by atoms with Crippen LogP contribution < -0.4 is 22.1 Å². The fraction of sp³-hybridized carbons (Fsp3) is 0.105. The van der Waals surface area contributed by atoms with Crippen molar-refractivity contribution >= 4 is 33.6 Å². The number of hydrogen-bond donors (Lipinski definition) is 5. The Morgan fingerprint density at radius 3 is 2.96 bits per heavy atom. The second-order valence-electron chi connectivity index (χ2n) is 6.75. The van der Waals surface area contributed by atoms with Crippen LogP contribution in [0.25, 0.3) is 22.0 Å². The first-order valence-electron chi connectivity index (χ1n) is 8.67. The molecule has 2 aromatic heterocycles. The molecule has 0 radical (unpaired) electrons. The van der Waals surface area contributed by atoms with Crippen LogP contribution in [0.2, 0.25) is 0 Å². The highest BCUT2D eigenvalue weighted by atomic mass is 16.4. The minimum absolute atomic E-state index is 0.482. The molecule has 5 rings (SSSR count). The maximum Gasteiger partial charge on any atom is 0.417 e. The lowest BCUT2D eigenvalue weighted by Crippen LogP contribution is -2.57. The maximum absolute atomic E-state index is 11.4. The molecule has 140 valence electrons. The van der Waals surface area contributed by atoms with Crippen molar-refractivity contribution in [3.05, 3.63) is 70.5 Å². The average Bonchev–Trinajstić information content (AvgIpc) is 3.28. The normalized spacial score (nSPS) is 19.4. The molecule has 9 heteroatoms. The number of benzene rings is 2. The number of guanidine groups is 1. The minimum atomic E-state index is -0.994. The Labute approximate surface area is 158 Å². The van der Waals surface area contributed by atoms with Crippen LogP contribution in [0.4, 0.5) is 5.69 Å². The number of nitrogens with zero attached hydrogens (tertiary/aromatic N) is 2. The van der Waals surface area contributed by atoms with Gasteiger partial charge >= 0.3 is 5.76 Å². The Hall–Kier alpha value is -3.85. The van der Waals surface area contributed by atoms with E-state index >= 15 is 0 Å². The van der Waals surface area contributed by atoms with Crippen LogP contribution in [0.15, 0.2) is 68.6 Å². The molecule has 0 aliphatic carbocycles. The second kappa shape index (κ2) is 5.83. The molecule has 0 saturated carbocycles. The Bertz CT molecular complexity index is 1330. The smallest absolute Gasteiger partial charge is 0.408 e. The molecule has 3 heterocycles. The topological polar surface area (TPSA) is 137 Å². The Balaban J connectivity index is 1.47. The number of nitrogens with two attached hydrogens (primary N) is 1. The number of rotatable bonds is 2. The number of hydrogen-bond acceptors (Lipinski definition) is 7. The van der Waals surface area contributed by atoms with E-state index in [9.17, 15) is 4.79 Å². The predicted molar refractivity (Wildman–Crippen MR) is 107 cm³/mol. The SMILES string of the molecule is CC1=CN=C(Nc2ccc3[nH]ncc3c2)NC1(N)c1ccc2oc(=O)[nH]c2c1. The molecule has 0 fully saturated rings. The molecule has 9 nitrogen and oxygen atoms in total. The van der Waals surface area contributed by atoms with Gasteiger partial charge in [0, 0.05) is 17.3 Å². The van der Waals surface area contributed by atoms with Crippen molar-refractivity contribution in [3.8, 4) is 0 Å². The van der Waals surface area contributed by atoms with Crippen LogP contribution in [-0.4, -0.2) is 21.1 Å². The molecule has 0 spiro atoms. The van der Waals surface area contributed by atoms with Crippen molar-refractivity contribution in [2.24, 2.45) is 10.7 Å². The number of aromatic nitrogens is 3. The van der Waals surface area contributed by atoms with Gasteiger partial charge in [0.2, 0.25) is 5.96 Å². The Kier molecular flexibility index (Phi) is 3.40. The van der Waals surface area contributed by atoms with Gasteiger partial charge in [-0.1, -0.05) is 6.07 Å². The fourth-order valence-corrected chi connectivity index (χ4v) is 3.30. The number of H-pyrrole nitrogens is 2. The van der Waals surface area contributed by atoms with E-state index in [2.05, 4.69) is 30.8 Å². The molecule has 1 atom stereocenters. The van der Waals surface area contributed by atoms with Crippen molar-refractivity contribution < 1.29 is 4.42 Å². The first kappa shape index (κ1) is 16.3. The number of nitrogens with one attached hydrogen (secondary N) is 4. The Morgan fingerprint density at radius 1 is 1.18 bits per heavy atom. The lowest BCUT2D eigenvalue weighted by atomic mass is 9.92. The first-order valence-corrected chi connectivity index (χ1v) is 8.67. The molecule has 4 aromatic rings. The van der Waals surface area contributed by atoms with Gasteiger partial charge in [-0.3, -0.25) is 10.1 Å². The summed E-state index contributed by atoms with van der Waals surface area (Å²) in [5.74, 6) is 0.0115. The van der Waals surface area contributed by atoms with E-state index in [1.165, 1.54) is 0 Å². The minimum Gasteiger partial charge on any atom is -0.408 e. The molecule has 1 aliphatic rings. The molecule has 1 unspecified atom stereocenters. The zero-order chi connectivity index (χ0) is 19.3. The molecule has 6 N–H and O–H groups in total. The van der Waals surface area contributed by atoms with E-state index in [-0.39, 0.29) is 0 Å². The third-order valence-electron chi connectivity index (χ3n) is 4.90. The van der Waals surface area contributed by atoms with Gasteiger partial charge in [-0.25, -0.2) is 9.79 Å². The Morgan fingerprint density at radius 2 is 2.07 bits per heavy atom. The third-order valence-corrected chi connectivity index (χ3v) is 4.90. The van der Waals surface area contributed by atoms with Crippen molar-refractivity contribution in [1.29, 1.82) is 0 Å². The van der Waals surface area contributed by atoms with Crippen LogP contribution in [0.5, 0.6) is 0 Å². The summed E-state index contributed by atoms with van der Waals surface area (Å²) in [5.41, 5.74) is 10.2. The summed E-state index contributed by atoms with van der Waals surface area (Å²) in [6.45, 7) is 1.90. The number of aromatic amines is 2. The number of anilines is 1. The lowest BCUT2D eigenvalue weighted by molar-refractivity contribution is 0.478. The zero-order valence-corrected chi connectivity index (χ0v) is 14.9. The van der Waals surface area contributed by atoms with Crippen LogP contribution >= 0.6 is 0 Å². The molecule has 0 bridgehead atoms. The fourth-order valence-electron chi connectivity index (χ4n) is 3.30. The van der Waals surface area contributed by atoms with Gasteiger partial charge in [0.1, 0.15) is 5.66 Å². The number of fused-ring (bicyclic) bond motifs is 2. The molecule has 0 amide bonds. The van der Waals surface area contributed by atoms with Gasteiger partial charge in [0.05, 0.1) is 17.2 Å². The van der Waals surface area contributed by atoms with E-state index in [0.29, 0.717) is 17.1 Å². The van der Waals surface area contributed by atoms with Gasteiger partial charge in [-0.15, -0.1) is 0 Å². The second-order valence-corrected chi connectivity index (χ2v) is 6.75. The maximum atomic E-state index is 11.4. The first-order chi connectivity index (χ1) is 13.5. The van der Waals surface area contributed by atoms with Gasteiger partial charge in [-0.05, 0) is 48.4 Å². The summed E-state index contributed by atoms with van der Waals surface area (Å²) in [7, 11) is 0. The largest absolute Gasteiger partial charge is 0.417 e. The molecule has 1 aliphatic heterocycles. The summed E-state index contributed by atoms with van der Waals surface area (Å²) in [6.07, 6.45) is 3.48. The lowest BCUT2D eigenvalue weighted by Gasteiger charge is -2.35. The van der Waals surface area contributed by atoms with Gasteiger partial charge in [0.25, 0.3) is 0 Å². The quantitative estimate of drug-likeness (QED) is 0.364. The van der Waals surface area contributed by atoms with Gasteiger partial charge in [0.15, 0.2) is 5.58 Å². The summed E-state index contributed by atoms with van der Waals surface area (Å²) >= 11 is 0. The molecular weight excluding hydrogens is 358 g/mol. The monoisotopic (exact) mass is 375 g/mol. The van der Waals surface area contributed by atoms with Crippen molar-refractivity contribution in [1.82, 2.24) is 20.5 Å². The molecule has 0 saturated heterocycles. The summed E-state index contributed by atoms with van der Waals surface area (Å²) < 4.78 is 5.07. The standard InChI is InChI=1S/C19H17N7O2/c1-10-8-21-17(23-13-3-4-14-11(6-13)9-22-26-14)25-19(10,20)12-2-5-16-15(7-12)24-18(27)28-16/h2-9H,20H2,1H3,(H,22,26)(H,24,27)(H2,21,23,25). The van der Waals surface area contributed by atoms with Gasteiger partial charge in [-0.2, -0.15) is 5.10 Å². The molecular formula is C19H17N7O2. The number of aliphatic imine (C=N–C) groups is 1. The molecule has 2 aromatic carbocycles. The highest BCUT2D eigenvalue weighted by Gasteiger charge is 2.33. The van der Waals surface area contributed by atoms with Crippen molar-refractivity contribution in [3.63, 3.8) is 0 Å². The van der Waals surface area contributed by atoms with Crippen LogP contribution in [0.3, 0.4) is 0 Å². The van der Waals surface area contributed by atoms with Crippen LogP contribution in [0.1, 0.15) is 12.5 Å². The van der Waals surface area contributed by atoms with Crippen molar-refractivity contribution in [2.75, 3.05) is 5.32 Å². The average molecular weight is 375 g/mol. The zero-order valence-electron chi connectivity index (χ0n) is 14.9. The van der Waals surface area contributed by atoms with E-state index < -0.39 is 11.4 Å². The third kappa shape index (κ3) is 2.57.